The predicted molar refractivity (Wildman–Crippen MR) is 187 cm³/mol. The monoisotopic (exact) mass is 722 g/mol. The van der Waals surface area contributed by atoms with Gasteiger partial charge >= 0.3 is 6.03 Å². The smallest absolute Gasteiger partial charge is 0.322 e. The minimum absolute atomic E-state index is 0.0594. The highest BCUT2D eigenvalue weighted by atomic mass is 16.6. The summed E-state index contributed by atoms with van der Waals surface area (Å²) in [6.45, 7) is 2.36. The number of hydrogen-bond acceptors (Lipinski definition) is 13. The van der Waals surface area contributed by atoms with E-state index in [0.717, 1.165) is 0 Å². The average molecular weight is 723 g/mol. The molecule has 4 atom stereocenters. The van der Waals surface area contributed by atoms with Crippen LogP contribution < -0.4 is 16.0 Å². The number of aliphatic hydroxyl groups is 4. The minimum Gasteiger partial charge on any atom is -0.508 e. The van der Waals surface area contributed by atoms with Gasteiger partial charge in [-0.05, 0) is 70.5 Å². The van der Waals surface area contributed by atoms with Crippen molar-refractivity contribution in [2.45, 2.75) is 50.5 Å². The van der Waals surface area contributed by atoms with Gasteiger partial charge in [-0.3, -0.25) is 29.4 Å². The lowest BCUT2D eigenvalue weighted by Crippen LogP contribution is -2.65. The van der Waals surface area contributed by atoms with Crippen molar-refractivity contribution in [2.75, 3.05) is 45.0 Å². The SMILES string of the molecule is CN(C)c1cc(CN(CC(C)(C)O)C(=O)Nc2ccc([N+](=O)[O-])cc2)c(O)c2c1C[C@H]1C[C@H]3[C@H](N(C)C)C(=O)C(C(N)=O)=C(O)[C@@]3(O)C(=O)C1=C2O. The lowest BCUT2D eigenvalue weighted by atomic mass is 9.57. The number of anilines is 2. The van der Waals surface area contributed by atoms with Crippen LogP contribution in [0.1, 0.15) is 37.0 Å². The fourth-order valence-corrected chi connectivity index (χ4v) is 7.61. The summed E-state index contributed by atoms with van der Waals surface area (Å²) in [6, 6.07) is 4.74. The van der Waals surface area contributed by atoms with E-state index in [9.17, 15) is 54.8 Å². The van der Waals surface area contributed by atoms with Gasteiger partial charge in [0.05, 0.1) is 35.2 Å². The molecule has 8 N–H and O–H groups in total. The zero-order valence-corrected chi connectivity index (χ0v) is 29.5. The number of nitro benzene ring substituents is 1. The average Bonchev–Trinajstić information content (AvgIpc) is 3.02. The number of non-ortho nitro benzene ring substituents is 1. The van der Waals surface area contributed by atoms with Crippen molar-refractivity contribution in [3.63, 3.8) is 0 Å². The summed E-state index contributed by atoms with van der Waals surface area (Å²) in [5.41, 5.74) is 0.850. The Balaban J connectivity index is 1.62. The highest BCUT2D eigenvalue weighted by molar-refractivity contribution is 6.24. The number of primary amides is 1. The van der Waals surface area contributed by atoms with E-state index >= 15 is 0 Å². The number of phenols is 1. The first kappa shape index (κ1) is 37.7. The molecule has 0 spiro atoms. The van der Waals surface area contributed by atoms with Crippen LogP contribution in [0.2, 0.25) is 0 Å². The first-order chi connectivity index (χ1) is 24.1. The zero-order chi connectivity index (χ0) is 38.8. The fraction of sp³-hybridized carbons (Fsp3) is 0.429. The van der Waals surface area contributed by atoms with E-state index in [1.165, 1.54) is 62.0 Å². The number of phenolic OH excluding ortho intramolecular Hbond substituents is 1. The third-order valence-electron chi connectivity index (χ3n) is 9.81. The van der Waals surface area contributed by atoms with Crippen LogP contribution in [-0.2, 0) is 27.3 Å². The van der Waals surface area contributed by atoms with Crippen LogP contribution in [0.25, 0.3) is 5.76 Å². The Bertz CT molecular complexity index is 1950. The van der Waals surface area contributed by atoms with Crippen LogP contribution in [0.5, 0.6) is 5.75 Å². The van der Waals surface area contributed by atoms with E-state index in [4.69, 9.17) is 5.73 Å². The Kier molecular flexibility index (Phi) is 9.60. The van der Waals surface area contributed by atoms with Gasteiger partial charge in [-0.1, -0.05) is 0 Å². The molecule has 0 aliphatic heterocycles. The normalized spacial score (nSPS) is 22.8. The second kappa shape index (κ2) is 13.2. The van der Waals surface area contributed by atoms with E-state index in [1.807, 2.05) is 0 Å². The number of nitrogens with zero attached hydrogens (tertiary/aromatic N) is 4. The van der Waals surface area contributed by atoms with Gasteiger partial charge in [-0.15, -0.1) is 0 Å². The number of Topliss-reactive ketones (excluding diaryl/α,β-unsaturated/α-hetero) is 2. The Morgan fingerprint density at radius 3 is 2.23 bits per heavy atom. The maximum atomic E-state index is 14.3. The van der Waals surface area contributed by atoms with Crippen LogP contribution in [0, 0.1) is 22.0 Å². The number of rotatable bonds is 9. The number of nitrogens with one attached hydrogen (secondary N) is 1. The van der Waals surface area contributed by atoms with Gasteiger partial charge in [0.25, 0.3) is 11.6 Å². The third kappa shape index (κ3) is 6.31. The first-order valence-electron chi connectivity index (χ1n) is 16.3. The number of aromatic hydroxyl groups is 1. The molecule has 0 radical (unpaired) electrons. The molecule has 0 saturated heterocycles. The van der Waals surface area contributed by atoms with Crippen molar-refractivity contribution in [3.8, 4) is 5.75 Å². The standard InChI is InChI=1S/C35H42N6O11/c1-34(2,49)15-40(33(48)37-18-7-9-19(10-8-18)41(51)52)14-17-13-22(38(3)4)20-11-16-12-21-26(39(5)6)29(44)25(32(36)47)31(46)35(21,50)30(45)23(16)28(43)24(20)27(17)42/h7-10,13,16,21,26,42-43,46,49-50H,11-12,14-15H2,1-6H3,(H2,36,47)(H,37,48)/t16-,21-,26-,35-/m0/s1. The molecule has 0 aromatic heterocycles. The minimum atomic E-state index is -2.80. The summed E-state index contributed by atoms with van der Waals surface area (Å²) < 4.78 is 0. The predicted octanol–water partition coefficient (Wildman–Crippen LogP) is 1.74. The van der Waals surface area contributed by atoms with E-state index in [2.05, 4.69) is 5.32 Å². The molecule has 5 rings (SSSR count). The quantitative estimate of drug-likeness (QED) is 0.111. The Morgan fingerprint density at radius 1 is 1.10 bits per heavy atom. The molecule has 0 unspecified atom stereocenters. The summed E-state index contributed by atoms with van der Waals surface area (Å²) in [7, 11) is 6.46. The van der Waals surface area contributed by atoms with Crippen LogP contribution in [0.15, 0.2) is 47.2 Å². The molecule has 17 nitrogen and oxygen atoms in total. The molecule has 0 heterocycles. The van der Waals surface area contributed by atoms with Gasteiger partial charge in [-0.2, -0.15) is 0 Å². The fourth-order valence-electron chi connectivity index (χ4n) is 7.61. The number of carbonyl (C=O) groups is 4. The molecular formula is C35H42N6O11. The summed E-state index contributed by atoms with van der Waals surface area (Å²) in [5, 5.41) is 71.0. The molecule has 3 aliphatic rings. The highest BCUT2D eigenvalue weighted by Crippen LogP contribution is 2.54. The number of nitro groups is 1. The van der Waals surface area contributed by atoms with Crippen molar-refractivity contribution >= 4 is 46.3 Å². The Hall–Kier alpha value is -5.52. The number of nitrogens with two attached hydrogens (primary N) is 1. The number of amides is 3. The molecule has 3 aliphatic carbocycles. The Labute approximate surface area is 298 Å². The number of aliphatic hydroxyl groups excluding tert-OH is 2. The van der Waals surface area contributed by atoms with Gasteiger partial charge in [-0.25, -0.2) is 4.79 Å². The number of ketones is 2. The lowest BCUT2D eigenvalue weighted by Gasteiger charge is -2.50. The van der Waals surface area contributed by atoms with E-state index in [-0.39, 0.29) is 54.0 Å². The molecule has 278 valence electrons. The zero-order valence-electron chi connectivity index (χ0n) is 29.5. The lowest BCUT2D eigenvalue weighted by molar-refractivity contribution is -0.384. The van der Waals surface area contributed by atoms with Crippen molar-refractivity contribution in [1.29, 1.82) is 0 Å². The first-order valence-corrected chi connectivity index (χ1v) is 16.3. The highest BCUT2D eigenvalue weighted by Gasteiger charge is 2.64. The maximum absolute atomic E-state index is 14.3. The molecule has 3 amide bonds. The number of likely N-dealkylation sites (N-methyl/N-ethyl adjacent to an activating group) is 1. The van der Waals surface area contributed by atoms with Crippen LogP contribution in [-0.4, -0.2) is 116 Å². The number of carbonyl (C=O) groups excluding carboxylic acids is 4. The van der Waals surface area contributed by atoms with Gasteiger partial charge in [0.1, 0.15) is 22.8 Å². The number of urea groups is 1. The van der Waals surface area contributed by atoms with Crippen molar-refractivity contribution < 1.29 is 49.6 Å². The molecular weight excluding hydrogens is 680 g/mol. The van der Waals surface area contributed by atoms with Crippen LogP contribution in [0.4, 0.5) is 21.9 Å². The molecule has 17 heteroatoms. The van der Waals surface area contributed by atoms with Crippen molar-refractivity contribution in [1.82, 2.24) is 9.80 Å². The van der Waals surface area contributed by atoms with E-state index in [0.29, 0.717) is 11.3 Å². The van der Waals surface area contributed by atoms with Gasteiger partial charge in [0.2, 0.25) is 5.78 Å². The van der Waals surface area contributed by atoms with Gasteiger partial charge < -0.3 is 46.4 Å². The molecule has 2 aromatic rings. The summed E-state index contributed by atoms with van der Waals surface area (Å²) in [4.78, 5) is 68.3. The third-order valence-corrected chi connectivity index (χ3v) is 9.81. The number of fused-ring (bicyclic) bond motifs is 3. The van der Waals surface area contributed by atoms with Crippen LogP contribution in [0.3, 0.4) is 0 Å². The molecule has 1 saturated carbocycles. The molecule has 2 aromatic carbocycles. The largest absolute Gasteiger partial charge is 0.508 e. The summed E-state index contributed by atoms with van der Waals surface area (Å²) in [5.74, 6) is -7.75. The number of hydrogen-bond donors (Lipinski definition) is 7. The van der Waals surface area contributed by atoms with Crippen molar-refractivity contribution in [3.05, 3.63) is 74.0 Å². The van der Waals surface area contributed by atoms with E-state index < -0.39 is 80.3 Å². The van der Waals surface area contributed by atoms with Gasteiger partial charge in [0, 0.05) is 54.7 Å². The Morgan fingerprint density at radius 2 is 1.71 bits per heavy atom. The summed E-state index contributed by atoms with van der Waals surface area (Å²) in [6.07, 6.45) is -0.0206. The molecule has 1 fully saturated rings. The van der Waals surface area contributed by atoms with Crippen LogP contribution >= 0.6 is 0 Å². The second-order valence-corrected chi connectivity index (χ2v) is 14.5. The summed E-state index contributed by atoms with van der Waals surface area (Å²) >= 11 is 0. The molecule has 52 heavy (non-hydrogen) atoms. The topological polar surface area (TPSA) is 260 Å². The maximum Gasteiger partial charge on any atom is 0.322 e. The second-order valence-electron chi connectivity index (χ2n) is 14.5. The van der Waals surface area contributed by atoms with Crippen molar-refractivity contribution in [2.24, 2.45) is 17.6 Å². The van der Waals surface area contributed by atoms with E-state index in [1.54, 1.807) is 25.1 Å². The van der Waals surface area contributed by atoms with Gasteiger partial charge in [0.15, 0.2) is 11.4 Å². The number of benzene rings is 2. The molecule has 0 bridgehead atoms.